The second kappa shape index (κ2) is 5.52. The minimum Gasteiger partial charge on any atom is -0.406 e. The predicted octanol–water partition coefficient (Wildman–Crippen LogP) is 3.99. The molecule has 2 aromatic carbocycles. The Morgan fingerprint density at radius 2 is 1.52 bits per heavy atom. The van der Waals surface area contributed by atoms with Gasteiger partial charge in [-0.25, -0.2) is 4.90 Å². The Bertz CT molecular complexity index is 785. The molecule has 23 heavy (non-hydrogen) atoms. The summed E-state index contributed by atoms with van der Waals surface area (Å²) >= 11 is 1.75. The van der Waals surface area contributed by atoms with Crippen LogP contribution < -0.4 is 9.64 Å². The molecule has 0 bridgehead atoms. The van der Waals surface area contributed by atoms with Crippen molar-refractivity contribution in [3.05, 3.63) is 57.2 Å². The first-order chi connectivity index (χ1) is 10.8. The third-order valence-electron chi connectivity index (χ3n) is 3.19. The van der Waals surface area contributed by atoms with Gasteiger partial charge < -0.3 is 4.74 Å². The van der Waals surface area contributed by atoms with Gasteiger partial charge in [0.1, 0.15) is 5.75 Å². The highest BCUT2D eigenvalue weighted by Crippen LogP contribution is 2.34. The number of amides is 2. The molecule has 0 saturated carbocycles. The number of anilines is 1. The fourth-order valence-electron chi connectivity index (χ4n) is 2.27. The summed E-state index contributed by atoms with van der Waals surface area (Å²) in [4.78, 5) is 25.7. The van der Waals surface area contributed by atoms with Crippen LogP contribution in [0.2, 0.25) is 0 Å². The second-order valence-corrected chi connectivity index (χ2v) is 5.81. The normalized spacial score (nSPS) is 14.2. The molecule has 0 radical (unpaired) electrons. The van der Waals surface area contributed by atoms with Crippen molar-refractivity contribution in [2.45, 2.75) is 6.36 Å². The van der Waals surface area contributed by atoms with E-state index in [1.807, 2.05) is 0 Å². The summed E-state index contributed by atoms with van der Waals surface area (Å²) in [5.41, 5.74) is 0.749. The summed E-state index contributed by atoms with van der Waals surface area (Å²) in [6.45, 7) is 0. The Labute approximate surface area is 142 Å². The number of imide groups is 1. The summed E-state index contributed by atoms with van der Waals surface area (Å²) in [7, 11) is 0. The van der Waals surface area contributed by atoms with Gasteiger partial charge in [0.15, 0.2) is 0 Å². The minimum absolute atomic E-state index is 0.214. The molecule has 0 aromatic heterocycles. The third kappa shape index (κ3) is 2.90. The zero-order chi connectivity index (χ0) is 16.8. The first-order valence-electron chi connectivity index (χ1n) is 6.31. The van der Waals surface area contributed by atoms with Gasteiger partial charge in [-0.15, -0.1) is 13.2 Å². The first-order valence-corrected chi connectivity index (χ1v) is 7.39. The fraction of sp³-hybridized carbons (Fsp3) is 0.0667. The predicted molar refractivity (Wildman–Crippen MR) is 83.4 cm³/mol. The number of hydrogen-bond acceptors (Lipinski definition) is 3. The summed E-state index contributed by atoms with van der Waals surface area (Å²) in [6.07, 6.45) is -4.81. The van der Waals surface area contributed by atoms with Crippen LogP contribution >= 0.6 is 22.6 Å². The van der Waals surface area contributed by atoms with Crippen LogP contribution in [0.3, 0.4) is 0 Å². The minimum atomic E-state index is -4.81. The highest BCUT2D eigenvalue weighted by molar-refractivity contribution is 14.1. The summed E-state index contributed by atoms with van der Waals surface area (Å²) in [6, 6.07) is 9.77. The van der Waals surface area contributed by atoms with Crippen molar-refractivity contribution < 1.29 is 27.5 Å². The van der Waals surface area contributed by atoms with E-state index in [0.29, 0.717) is 3.57 Å². The quantitative estimate of drug-likeness (QED) is 0.532. The number of carbonyl (C=O) groups excluding carboxylic acids is 2. The highest BCUT2D eigenvalue weighted by atomic mass is 127. The molecular formula is C15H7F3INO3. The number of benzene rings is 2. The van der Waals surface area contributed by atoms with Gasteiger partial charge in [-0.1, -0.05) is 12.1 Å². The van der Waals surface area contributed by atoms with Crippen molar-refractivity contribution in [3.63, 3.8) is 0 Å². The molecule has 0 aliphatic carbocycles. The van der Waals surface area contributed by atoms with Crippen LogP contribution in [-0.2, 0) is 0 Å². The van der Waals surface area contributed by atoms with E-state index in [2.05, 4.69) is 4.74 Å². The maximum Gasteiger partial charge on any atom is 0.573 e. The van der Waals surface area contributed by atoms with Crippen molar-refractivity contribution in [3.8, 4) is 5.75 Å². The van der Waals surface area contributed by atoms with Crippen molar-refractivity contribution in [1.29, 1.82) is 0 Å². The van der Waals surface area contributed by atoms with Gasteiger partial charge in [0.2, 0.25) is 0 Å². The number of carbonyl (C=O) groups is 2. The monoisotopic (exact) mass is 433 g/mol. The number of halogens is 4. The van der Waals surface area contributed by atoms with E-state index < -0.39 is 23.9 Å². The standard InChI is InChI=1S/C15H7F3INO3/c16-15(17,18)23-8-5-6-12(11(19)7-8)20-13(21)9-3-1-2-4-10(9)14(20)22/h1-7H. The van der Waals surface area contributed by atoms with Crippen molar-refractivity contribution in [2.75, 3.05) is 4.90 Å². The lowest BCUT2D eigenvalue weighted by Crippen LogP contribution is -2.30. The molecule has 1 aliphatic heterocycles. The smallest absolute Gasteiger partial charge is 0.406 e. The zero-order valence-corrected chi connectivity index (χ0v) is 13.4. The van der Waals surface area contributed by atoms with Gasteiger partial charge in [-0.2, -0.15) is 0 Å². The van der Waals surface area contributed by atoms with Gasteiger partial charge in [-0.05, 0) is 52.9 Å². The lowest BCUT2D eigenvalue weighted by molar-refractivity contribution is -0.274. The lowest BCUT2D eigenvalue weighted by Gasteiger charge is -2.17. The van der Waals surface area contributed by atoms with Gasteiger partial charge >= 0.3 is 6.36 Å². The van der Waals surface area contributed by atoms with Crippen molar-refractivity contribution in [2.24, 2.45) is 0 Å². The molecule has 0 fully saturated rings. The maximum atomic E-state index is 12.4. The molecular weight excluding hydrogens is 426 g/mol. The van der Waals surface area contributed by atoms with E-state index in [-0.39, 0.29) is 16.8 Å². The average Bonchev–Trinajstić information content (AvgIpc) is 2.71. The van der Waals surface area contributed by atoms with Crippen molar-refractivity contribution in [1.82, 2.24) is 0 Å². The summed E-state index contributed by atoms with van der Waals surface area (Å²) in [5.74, 6) is -1.43. The SMILES string of the molecule is O=C1c2ccccc2C(=O)N1c1ccc(OC(F)(F)F)cc1I. The Hall–Kier alpha value is -2.10. The number of rotatable bonds is 2. The number of hydrogen-bond donors (Lipinski definition) is 0. The molecule has 0 unspecified atom stereocenters. The summed E-state index contributed by atoms with van der Waals surface area (Å²) in [5, 5.41) is 0. The lowest BCUT2D eigenvalue weighted by atomic mass is 10.1. The Kier molecular flexibility index (Phi) is 3.78. The summed E-state index contributed by atoms with van der Waals surface area (Å²) < 4.78 is 40.8. The van der Waals surface area contributed by atoms with Gasteiger partial charge in [0, 0.05) is 3.57 Å². The van der Waals surface area contributed by atoms with E-state index in [1.54, 1.807) is 34.7 Å². The largest absolute Gasteiger partial charge is 0.573 e. The molecule has 0 N–H and O–H groups in total. The molecule has 1 aliphatic rings. The molecule has 0 spiro atoms. The fourth-order valence-corrected chi connectivity index (χ4v) is 3.00. The molecule has 8 heteroatoms. The number of ether oxygens (including phenoxy) is 1. The van der Waals surface area contributed by atoms with Crippen LogP contribution in [0.4, 0.5) is 18.9 Å². The molecule has 0 atom stereocenters. The Balaban J connectivity index is 1.98. The van der Waals surface area contributed by atoms with Gasteiger partial charge in [-0.3, -0.25) is 9.59 Å². The number of nitrogens with zero attached hydrogens (tertiary/aromatic N) is 1. The molecule has 2 amide bonds. The van der Waals surface area contributed by atoms with E-state index in [9.17, 15) is 22.8 Å². The third-order valence-corrected chi connectivity index (χ3v) is 4.05. The van der Waals surface area contributed by atoms with Crippen molar-refractivity contribution >= 4 is 40.1 Å². The van der Waals surface area contributed by atoms with Gasteiger partial charge in [0.25, 0.3) is 11.8 Å². The van der Waals surface area contributed by atoms with Crippen LogP contribution in [0.15, 0.2) is 42.5 Å². The van der Waals surface area contributed by atoms with E-state index in [1.165, 1.54) is 18.2 Å². The van der Waals surface area contributed by atoms with E-state index >= 15 is 0 Å². The molecule has 3 rings (SSSR count). The number of alkyl halides is 3. The van der Waals surface area contributed by atoms with Crippen LogP contribution in [0.5, 0.6) is 5.75 Å². The number of fused-ring (bicyclic) bond motifs is 1. The van der Waals surface area contributed by atoms with E-state index in [4.69, 9.17) is 0 Å². The molecule has 0 saturated heterocycles. The Morgan fingerprint density at radius 1 is 0.957 bits per heavy atom. The topological polar surface area (TPSA) is 46.6 Å². The highest BCUT2D eigenvalue weighted by Gasteiger charge is 2.37. The zero-order valence-electron chi connectivity index (χ0n) is 11.2. The van der Waals surface area contributed by atoms with Crippen LogP contribution in [0, 0.1) is 3.57 Å². The van der Waals surface area contributed by atoms with Crippen LogP contribution in [0.1, 0.15) is 20.7 Å². The Morgan fingerprint density at radius 3 is 2.00 bits per heavy atom. The average molecular weight is 433 g/mol. The molecule has 118 valence electrons. The van der Waals surface area contributed by atoms with Gasteiger partial charge in [0.05, 0.1) is 16.8 Å². The molecule has 1 heterocycles. The van der Waals surface area contributed by atoms with Crippen LogP contribution in [0.25, 0.3) is 0 Å². The second-order valence-electron chi connectivity index (χ2n) is 4.65. The van der Waals surface area contributed by atoms with E-state index in [0.717, 1.165) is 17.0 Å². The first kappa shape index (κ1) is 15.8. The van der Waals surface area contributed by atoms with Crippen LogP contribution in [-0.4, -0.2) is 18.2 Å². The maximum absolute atomic E-state index is 12.4. The molecule has 2 aromatic rings. The molecule has 4 nitrogen and oxygen atoms in total.